The first kappa shape index (κ1) is 16.8. The Kier molecular flexibility index (Phi) is 6.01. The van der Waals surface area contributed by atoms with Crippen LogP contribution in [0.25, 0.3) is 0 Å². The second kappa shape index (κ2) is 7.51. The number of amides is 2. The van der Waals surface area contributed by atoms with Crippen LogP contribution in [0.4, 0.5) is 18.0 Å². The molecular formula is C13H15F3N2O3. The fraction of sp³-hybridized carbons (Fsp3) is 0.385. The van der Waals surface area contributed by atoms with E-state index in [4.69, 9.17) is 5.11 Å². The maximum absolute atomic E-state index is 11.9. The van der Waals surface area contributed by atoms with Gasteiger partial charge < -0.3 is 15.7 Å². The van der Waals surface area contributed by atoms with E-state index in [1.165, 1.54) is 12.1 Å². The lowest BCUT2D eigenvalue weighted by Gasteiger charge is -2.09. The van der Waals surface area contributed by atoms with Crippen molar-refractivity contribution in [3.05, 3.63) is 35.4 Å². The Morgan fingerprint density at radius 2 is 1.81 bits per heavy atom. The molecule has 0 saturated heterocycles. The lowest BCUT2D eigenvalue weighted by Crippen LogP contribution is -2.38. The molecule has 5 nitrogen and oxygen atoms in total. The molecule has 2 amide bonds. The van der Waals surface area contributed by atoms with E-state index in [1.807, 2.05) is 0 Å². The largest absolute Gasteiger partial charge is 0.478 e. The molecule has 21 heavy (non-hydrogen) atoms. The average Bonchev–Trinajstić information content (AvgIpc) is 2.37. The van der Waals surface area contributed by atoms with Crippen LogP contribution in [0, 0.1) is 0 Å². The molecular weight excluding hydrogens is 289 g/mol. The predicted octanol–water partition coefficient (Wildman–Crippen LogP) is 2.18. The number of aromatic carboxylic acids is 1. The summed E-state index contributed by atoms with van der Waals surface area (Å²) < 4.78 is 35.6. The Labute approximate surface area is 119 Å². The first-order valence-corrected chi connectivity index (χ1v) is 6.18. The highest BCUT2D eigenvalue weighted by Gasteiger charge is 2.26. The molecule has 1 rings (SSSR count). The molecule has 0 unspecified atom stereocenters. The molecule has 0 saturated carbocycles. The Morgan fingerprint density at radius 3 is 2.43 bits per heavy atom. The molecule has 1 aromatic rings. The molecule has 1 aromatic carbocycles. The number of hydrogen-bond donors (Lipinski definition) is 3. The highest BCUT2D eigenvalue weighted by Crippen LogP contribution is 2.17. The van der Waals surface area contributed by atoms with E-state index in [0.717, 1.165) is 0 Å². The van der Waals surface area contributed by atoms with Gasteiger partial charge in [0, 0.05) is 13.1 Å². The maximum Gasteiger partial charge on any atom is 0.390 e. The zero-order valence-electron chi connectivity index (χ0n) is 11.0. The van der Waals surface area contributed by atoms with E-state index in [9.17, 15) is 22.8 Å². The van der Waals surface area contributed by atoms with Crippen molar-refractivity contribution in [2.24, 2.45) is 0 Å². The van der Waals surface area contributed by atoms with Gasteiger partial charge in [-0.25, -0.2) is 9.59 Å². The average molecular weight is 304 g/mol. The van der Waals surface area contributed by atoms with Crippen molar-refractivity contribution >= 4 is 12.0 Å². The first-order valence-electron chi connectivity index (χ1n) is 6.18. The van der Waals surface area contributed by atoms with Crippen LogP contribution in [-0.4, -0.2) is 36.4 Å². The topological polar surface area (TPSA) is 78.4 Å². The van der Waals surface area contributed by atoms with Gasteiger partial charge in [0.2, 0.25) is 0 Å². The third-order valence-corrected chi connectivity index (χ3v) is 2.57. The summed E-state index contributed by atoms with van der Waals surface area (Å²) >= 11 is 0. The Balaban J connectivity index is 2.28. The number of rotatable bonds is 6. The molecule has 0 atom stereocenters. The van der Waals surface area contributed by atoms with Crippen molar-refractivity contribution in [2.75, 3.05) is 13.1 Å². The molecule has 0 heterocycles. The molecule has 3 N–H and O–H groups in total. The molecule has 0 aromatic heterocycles. The van der Waals surface area contributed by atoms with E-state index < -0.39 is 31.1 Å². The molecule has 0 fully saturated rings. The van der Waals surface area contributed by atoms with E-state index in [1.54, 1.807) is 12.1 Å². The summed E-state index contributed by atoms with van der Waals surface area (Å²) in [5.74, 6) is -1.05. The summed E-state index contributed by atoms with van der Waals surface area (Å²) in [5.41, 5.74) is 0.854. The first-order chi connectivity index (χ1) is 9.78. The van der Waals surface area contributed by atoms with Crippen LogP contribution in [0.2, 0.25) is 0 Å². The number of benzene rings is 1. The van der Waals surface area contributed by atoms with Crippen molar-refractivity contribution in [1.82, 2.24) is 10.6 Å². The highest BCUT2D eigenvalue weighted by atomic mass is 19.4. The zero-order chi connectivity index (χ0) is 15.9. The molecule has 0 aliphatic rings. The fourth-order valence-corrected chi connectivity index (χ4v) is 1.56. The Bertz CT molecular complexity index is 504. The maximum atomic E-state index is 11.9. The lowest BCUT2D eigenvalue weighted by atomic mass is 10.1. The third kappa shape index (κ3) is 7.19. The van der Waals surface area contributed by atoms with Crippen molar-refractivity contribution in [1.29, 1.82) is 0 Å². The van der Waals surface area contributed by atoms with Crippen LogP contribution < -0.4 is 10.6 Å². The monoisotopic (exact) mass is 304 g/mol. The van der Waals surface area contributed by atoms with Gasteiger partial charge in [0.1, 0.15) is 0 Å². The smallest absolute Gasteiger partial charge is 0.390 e. The second-order valence-corrected chi connectivity index (χ2v) is 4.30. The Hall–Kier alpha value is -2.25. The van der Waals surface area contributed by atoms with Crippen molar-refractivity contribution in [3.8, 4) is 0 Å². The molecule has 0 bridgehead atoms. The zero-order valence-corrected chi connectivity index (χ0v) is 11.0. The minimum Gasteiger partial charge on any atom is -0.478 e. The van der Waals surface area contributed by atoms with Crippen LogP contribution >= 0.6 is 0 Å². The van der Waals surface area contributed by atoms with E-state index in [2.05, 4.69) is 10.6 Å². The number of alkyl halides is 3. The van der Waals surface area contributed by atoms with Crippen LogP contribution in [0.5, 0.6) is 0 Å². The summed E-state index contributed by atoms with van der Waals surface area (Å²) in [6.45, 7) is -0.287. The number of nitrogens with one attached hydrogen (secondary N) is 2. The standard InChI is InChI=1S/C13H15F3N2O3/c14-13(15,16)5-7-18-12(21)17-6-4-9-2-1-3-10(8-9)11(19)20/h1-3,8H,4-7H2,(H,19,20)(H2,17,18,21). The summed E-state index contributed by atoms with van der Waals surface area (Å²) in [5, 5.41) is 13.3. The highest BCUT2D eigenvalue weighted by molar-refractivity contribution is 5.87. The van der Waals surface area contributed by atoms with Gasteiger partial charge in [-0.15, -0.1) is 0 Å². The Morgan fingerprint density at radius 1 is 1.14 bits per heavy atom. The van der Waals surface area contributed by atoms with Crippen LogP contribution in [-0.2, 0) is 6.42 Å². The third-order valence-electron chi connectivity index (χ3n) is 2.57. The molecule has 0 radical (unpaired) electrons. The minimum absolute atomic E-state index is 0.141. The van der Waals surface area contributed by atoms with Gasteiger partial charge in [-0.2, -0.15) is 13.2 Å². The summed E-state index contributed by atoms with van der Waals surface area (Å²) in [4.78, 5) is 22.0. The van der Waals surface area contributed by atoms with Crippen molar-refractivity contribution < 1.29 is 27.9 Å². The molecule has 8 heteroatoms. The SMILES string of the molecule is O=C(NCCc1cccc(C(=O)O)c1)NCCC(F)(F)F. The van der Waals surface area contributed by atoms with Gasteiger partial charge in [-0.05, 0) is 24.1 Å². The number of halogens is 3. The number of carbonyl (C=O) groups excluding carboxylic acids is 1. The van der Waals surface area contributed by atoms with Gasteiger partial charge in [0.05, 0.1) is 12.0 Å². The van der Waals surface area contributed by atoms with Gasteiger partial charge in [-0.3, -0.25) is 0 Å². The number of hydrogen-bond acceptors (Lipinski definition) is 2. The second-order valence-electron chi connectivity index (χ2n) is 4.30. The number of carboxylic acid groups (broad SMARTS) is 1. The van der Waals surface area contributed by atoms with Crippen molar-refractivity contribution in [2.45, 2.75) is 19.0 Å². The summed E-state index contributed by atoms with van der Waals surface area (Å²) in [6.07, 6.45) is -5.00. The molecule has 0 aliphatic carbocycles. The summed E-state index contributed by atoms with van der Waals surface area (Å²) in [6, 6.07) is 5.53. The van der Waals surface area contributed by atoms with Crippen LogP contribution in [0.3, 0.4) is 0 Å². The predicted molar refractivity (Wildman–Crippen MR) is 69.2 cm³/mol. The molecule has 0 aliphatic heterocycles. The number of carbonyl (C=O) groups is 2. The fourth-order valence-electron chi connectivity index (χ4n) is 1.56. The van der Waals surface area contributed by atoms with Gasteiger partial charge in [0.15, 0.2) is 0 Å². The quantitative estimate of drug-likeness (QED) is 0.753. The minimum atomic E-state index is -4.30. The number of urea groups is 1. The normalized spacial score (nSPS) is 11.0. The van der Waals surface area contributed by atoms with Crippen LogP contribution in [0.15, 0.2) is 24.3 Å². The van der Waals surface area contributed by atoms with E-state index in [0.29, 0.717) is 12.0 Å². The van der Waals surface area contributed by atoms with Crippen LogP contribution in [0.1, 0.15) is 22.3 Å². The van der Waals surface area contributed by atoms with Crippen molar-refractivity contribution in [3.63, 3.8) is 0 Å². The van der Waals surface area contributed by atoms with E-state index >= 15 is 0 Å². The van der Waals surface area contributed by atoms with E-state index in [-0.39, 0.29) is 12.1 Å². The number of carboxylic acids is 1. The molecule has 116 valence electrons. The molecule has 0 spiro atoms. The lowest BCUT2D eigenvalue weighted by molar-refractivity contribution is -0.132. The van der Waals surface area contributed by atoms with Gasteiger partial charge in [0.25, 0.3) is 0 Å². The van der Waals surface area contributed by atoms with Gasteiger partial charge >= 0.3 is 18.2 Å². The summed E-state index contributed by atoms with van der Waals surface area (Å²) in [7, 11) is 0. The van der Waals surface area contributed by atoms with Gasteiger partial charge in [-0.1, -0.05) is 12.1 Å².